The van der Waals surface area contributed by atoms with Crippen LogP contribution >= 0.6 is 0 Å². The van der Waals surface area contributed by atoms with Gasteiger partial charge in [0.2, 0.25) is 0 Å². The number of carbonyl (C=O) groups is 1. The van der Waals surface area contributed by atoms with Crippen molar-refractivity contribution in [3.63, 3.8) is 0 Å². The highest BCUT2D eigenvalue weighted by atomic mass is 16.5. The van der Waals surface area contributed by atoms with Crippen molar-refractivity contribution in [3.05, 3.63) is 60.2 Å². The van der Waals surface area contributed by atoms with E-state index in [1.54, 1.807) is 0 Å². The highest BCUT2D eigenvalue weighted by Crippen LogP contribution is 2.44. The van der Waals surface area contributed by atoms with Crippen LogP contribution in [0.2, 0.25) is 0 Å². The van der Waals surface area contributed by atoms with Gasteiger partial charge in [0.25, 0.3) is 0 Å². The largest absolute Gasteiger partial charge is 0.466 e. The number of benzene rings is 2. The summed E-state index contributed by atoms with van der Waals surface area (Å²) in [6.07, 6.45) is 3.78. The molecular formula is C21H24O3. The van der Waals surface area contributed by atoms with Crippen LogP contribution in [0.25, 0.3) is 0 Å². The molecule has 3 rings (SSSR count). The minimum absolute atomic E-state index is 0.0702. The van der Waals surface area contributed by atoms with Gasteiger partial charge < -0.3 is 9.47 Å². The summed E-state index contributed by atoms with van der Waals surface area (Å²) >= 11 is 0. The maximum atomic E-state index is 11.4. The number of para-hydroxylation sites is 1. The Bertz CT molecular complexity index is 660. The molecule has 0 unspecified atom stereocenters. The van der Waals surface area contributed by atoms with E-state index in [1.165, 1.54) is 5.56 Å². The van der Waals surface area contributed by atoms with Gasteiger partial charge >= 0.3 is 5.97 Å². The Balaban J connectivity index is 1.50. The maximum Gasteiger partial charge on any atom is 0.305 e. The summed E-state index contributed by atoms with van der Waals surface area (Å²) in [5, 5.41) is 0. The van der Waals surface area contributed by atoms with Gasteiger partial charge in [0.15, 0.2) is 0 Å². The standard InChI is InChI=1S/C21H24O3/c1-2-23-21(22)12-11-16-13-18(14-16)17-7-6-10-20(15-17)24-19-8-4-3-5-9-19/h3-10,15-16,18H,2,11-14H2,1H3/t16-,18-. The highest BCUT2D eigenvalue weighted by molar-refractivity contribution is 5.69. The van der Waals surface area contributed by atoms with E-state index < -0.39 is 0 Å². The number of carbonyl (C=O) groups excluding carboxylic acids is 1. The normalized spacial score (nSPS) is 19.4. The molecule has 0 heterocycles. The van der Waals surface area contributed by atoms with Crippen molar-refractivity contribution in [2.45, 2.75) is 38.5 Å². The van der Waals surface area contributed by atoms with Crippen molar-refractivity contribution in [1.29, 1.82) is 0 Å². The predicted octanol–water partition coefficient (Wildman–Crippen LogP) is 5.32. The third kappa shape index (κ3) is 4.38. The van der Waals surface area contributed by atoms with Crippen molar-refractivity contribution in [3.8, 4) is 11.5 Å². The SMILES string of the molecule is CCOC(=O)CC[C@H]1C[C@H](c2cccc(Oc3ccccc3)c2)C1. The zero-order valence-corrected chi connectivity index (χ0v) is 14.1. The Morgan fingerprint density at radius 3 is 2.54 bits per heavy atom. The van der Waals surface area contributed by atoms with Crippen molar-refractivity contribution < 1.29 is 14.3 Å². The predicted molar refractivity (Wildman–Crippen MR) is 94.3 cm³/mol. The van der Waals surface area contributed by atoms with Crippen LogP contribution in [0.5, 0.6) is 11.5 Å². The molecule has 2 aromatic rings. The summed E-state index contributed by atoms with van der Waals surface area (Å²) in [5.41, 5.74) is 1.33. The Labute approximate surface area is 143 Å². The van der Waals surface area contributed by atoms with Gasteiger partial charge in [0, 0.05) is 6.42 Å². The third-order valence-corrected chi connectivity index (χ3v) is 4.61. The molecule has 24 heavy (non-hydrogen) atoms. The summed E-state index contributed by atoms with van der Waals surface area (Å²) in [6.45, 7) is 2.32. The molecule has 0 atom stereocenters. The summed E-state index contributed by atoms with van der Waals surface area (Å²) in [4.78, 5) is 11.4. The van der Waals surface area contributed by atoms with Crippen LogP contribution in [0.3, 0.4) is 0 Å². The van der Waals surface area contributed by atoms with Gasteiger partial charge in [-0.1, -0.05) is 30.3 Å². The van der Waals surface area contributed by atoms with E-state index >= 15 is 0 Å². The lowest BCUT2D eigenvalue weighted by Gasteiger charge is -2.35. The zero-order chi connectivity index (χ0) is 16.8. The van der Waals surface area contributed by atoms with Gasteiger partial charge in [-0.3, -0.25) is 4.79 Å². The molecule has 1 saturated carbocycles. The second-order valence-electron chi connectivity index (χ2n) is 6.37. The first-order valence-corrected chi connectivity index (χ1v) is 8.73. The average Bonchev–Trinajstić information content (AvgIpc) is 2.55. The summed E-state index contributed by atoms with van der Waals surface area (Å²) in [5.74, 6) is 2.89. The van der Waals surface area contributed by atoms with Gasteiger partial charge in [-0.25, -0.2) is 0 Å². The molecule has 2 aromatic carbocycles. The molecule has 126 valence electrons. The second kappa shape index (κ2) is 8.00. The fraction of sp³-hybridized carbons (Fsp3) is 0.381. The van der Waals surface area contributed by atoms with Crippen LogP contribution in [0.4, 0.5) is 0 Å². The summed E-state index contributed by atoms with van der Waals surface area (Å²) in [6, 6.07) is 18.2. The Hall–Kier alpha value is -2.29. The molecule has 0 bridgehead atoms. The second-order valence-corrected chi connectivity index (χ2v) is 6.37. The van der Waals surface area contributed by atoms with Crippen molar-refractivity contribution in [2.24, 2.45) is 5.92 Å². The van der Waals surface area contributed by atoms with Gasteiger partial charge in [-0.2, -0.15) is 0 Å². The van der Waals surface area contributed by atoms with E-state index in [2.05, 4.69) is 18.2 Å². The molecule has 0 saturated heterocycles. The van der Waals surface area contributed by atoms with Crippen LogP contribution in [0, 0.1) is 5.92 Å². The van der Waals surface area contributed by atoms with Gasteiger partial charge in [0.05, 0.1) is 6.61 Å². The van der Waals surface area contributed by atoms with Crippen LogP contribution in [-0.4, -0.2) is 12.6 Å². The van der Waals surface area contributed by atoms with Crippen LogP contribution < -0.4 is 4.74 Å². The van der Waals surface area contributed by atoms with Crippen molar-refractivity contribution in [1.82, 2.24) is 0 Å². The van der Waals surface area contributed by atoms with Gasteiger partial charge in [-0.05, 0) is 67.9 Å². The third-order valence-electron chi connectivity index (χ3n) is 4.61. The van der Waals surface area contributed by atoms with Crippen LogP contribution in [0.15, 0.2) is 54.6 Å². The first-order chi connectivity index (χ1) is 11.7. The van der Waals surface area contributed by atoms with Crippen molar-refractivity contribution >= 4 is 5.97 Å². The molecule has 0 aromatic heterocycles. The molecule has 3 heteroatoms. The van der Waals surface area contributed by atoms with Gasteiger partial charge in [-0.15, -0.1) is 0 Å². The topological polar surface area (TPSA) is 35.5 Å². The molecule has 0 aliphatic heterocycles. The Morgan fingerprint density at radius 2 is 1.79 bits per heavy atom. The fourth-order valence-corrected chi connectivity index (χ4v) is 3.26. The molecule has 1 fully saturated rings. The molecule has 0 spiro atoms. The van der Waals surface area contributed by atoms with E-state index in [4.69, 9.17) is 9.47 Å². The highest BCUT2D eigenvalue weighted by Gasteiger charge is 2.30. The van der Waals surface area contributed by atoms with E-state index in [9.17, 15) is 4.79 Å². The first-order valence-electron chi connectivity index (χ1n) is 8.73. The number of hydrogen-bond donors (Lipinski definition) is 0. The van der Waals surface area contributed by atoms with E-state index in [1.807, 2.05) is 43.3 Å². The lowest BCUT2D eigenvalue weighted by atomic mass is 9.70. The lowest BCUT2D eigenvalue weighted by Crippen LogP contribution is -2.23. The molecular weight excluding hydrogens is 300 g/mol. The fourth-order valence-electron chi connectivity index (χ4n) is 3.26. The molecule has 0 radical (unpaired) electrons. The number of esters is 1. The minimum Gasteiger partial charge on any atom is -0.466 e. The first kappa shape index (κ1) is 16.6. The molecule has 3 nitrogen and oxygen atoms in total. The smallest absolute Gasteiger partial charge is 0.305 e. The molecule has 0 amide bonds. The van der Waals surface area contributed by atoms with Crippen LogP contribution in [-0.2, 0) is 9.53 Å². The van der Waals surface area contributed by atoms with Crippen LogP contribution in [0.1, 0.15) is 44.1 Å². The van der Waals surface area contributed by atoms with Gasteiger partial charge in [0.1, 0.15) is 11.5 Å². The zero-order valence-electron chi connectivity index (χ0n) is 14.1. The summed E-state index contributed by atoms with van der Waals surface area (Å²) < 4.78 is 10.9. The molecule has 1 aliphatic rings. The number of hydrogen-bond acceptors (Lipinski definition) is 3. The van der Waals surface area contributed by atoms with E-state index in [-0.39, 0.29) is 5.97 Å². The minimum atomic E-state index is -0.0702. The maximum absolute atomic E-state index is 11.4. The Morgan fingerprint density at radius 1 is 1.04 bits per heavy atom. The lowest BCUT2D eigenvalue weighted by molar-refractivity contribution is -0.143. The Kier molecular flexibility index (Phi) is 5.52. The average molecular weight is 324 g/mol. The molecule has 1 aliphatic carbocycles. The summed E-state index contributed by atoms with van der Waals surface area (Å²) in [7, 11) is 0. The quantitative estimate of drug-likeness (QED) is 0.647. The molecule has 0 N–H and O–H groups in total. The number of rotatable bonds is 7. The number of ether oxygens (including phenoxy) is 2. The van der Waals surface area contributed by atoms with E-state index in [0.717, 1.165) is 30.8 Å². The monoisotopic (exact) mass is 324 g/mol. The van der Waals surface area contributed by atoms with E-state index in [0.29, 0.717) is 24.9 Å². The van der Waals surface area contributed by atoms with Crippen molar-refractivity contribution in [2.75, 3.05) is 6.61 Å².